The largest absolute Gasteiger partial charge is 0.456 e. The summed E-state index contributed by atoms with van der Waals surface area (Å²) in [5.41, 5.74) is 12.1. The molecule has 0 saturated carbocycles. The van der Waals surface area contributed by atoms with Crippen LogP contribution in [0.15, 0.2) is 30.3 Å². The van der Waals surface area contributed by atoms with Gasteiger partial charge in [-0.15, -0.1) is 11.3 Å². The lowest BCUT2D eigenvalue weighted by Crippen LogP contribution is -2.46. The fourth-order valence-corrected chi connectivity index (χ4v) is 4.39. The van der Waals surface area contributed by atoms with Gasteiger partial charge in [-0.1, -0.05) is 12.1 Å². The average molecular weight is 460 g/mol. The van der Waals surface area contributed by atoms with Crippen molar-refractivity contribution in [1.82, 2.24) is 9.80 Å². The van der Waals surface area contributed by atoms with Gasteiger partial charge in [0.05, 0.1) is 12.2 Å². The van der Waals surface area contributed by atoms with Crippen molar-refractivity contribution in [3.8, 4) is 10.4 Å². The van der Waals surface area contributed by atoms with Crippen molar-refractivity contribution >= 4 is 41.0 Å². The Morgan fingerprint density at radius 2 is 1.84 bits per heavy atom. The Morgan fingerprint density at radius 3 is 2.44 bits per heavy atom. The number of nitrogens with two attached hydrogens (primary N) is 2. The van der Waals surface area contributed by atoms with Gasteiger partial charge in [0.15, 0.2) is 0 Å². The summed E-state index contributed by atoms with van der Waals surface area (Å²) in [7, 11) is 3.34. The number of anilines is 1. The third-order valence-corrected chi connectivity index (χ3v) is 6.13. The SMILES string of the molecule is CN(C)C(=O)c1ccc(-c2cc(NC(N)=O)c(C(=O)OC3CCCN(C(N)=O)C3)s2)cc1. The second-order valence-corrected chi connectivity index (χ2v) is 8.63. The molecule has 1 unspecified atom stereocenters. The van der Waals surface area contributed by atoms with E-state index in [2.05, 4.69) is 5.32 Å². The molecule has 0 aliphatic carbocycles. The number of nitrogens with zero attached hydrogens (tertiary/aromatic N) is 2. The molecule has 32 heavy (non-hydrogen) atoms. The summed E-state index contributed by atoms with van der Waals surface area (Å²) in [6, 6.07) is 7.17. The summed E-state index contributed by atoms with van der Waals surface area (Å²) in [4.78, 5) is 51.6. The second-order valence-electron chi connectivity index (χ2n) is 7.57. The number of carbonyl (C=O) groups excluding carboxylic acids is 4. The van der Waals surface area contributed by atoms with Gasteiger partial charge in [0.1, 0.15) is 11.0 Å². The third kappa shape index (κ3) is 5.35. The second kappa shape index (κ2) is 9.69. The highest BCUT2D eigenvalue weighted by Crippen LogP contribution is 2.36. The first kappa shape index (κ1) is 23.1. The number of hydrogen-bond donors (Lipinski definition) is 3. The predicted molar refractivity (Wildman–Crippen MR) is 121 cm³/mol. The number of carbonyl (C=O) groups is 4. The van der Waals surface area contributed by atoms with Crippen molar-refractivity contribution in [2.24, 2.45) is 11.5 Å². The lowest BCUT2D eigenvalue weighted by atomic mass is 10.1. The smallest absolute Gasteiger partial charge is 0.350 e. The molecule has 5 amide bonds. The van der Waals surface area contributed by atoms with E-state index in [0.29, 0.717) is 29.8 Å². The number of amides is 5. The topological polar surface area (TPSA) is 148 Å². The molecule has 1 aliphatic rings. The Kier molecular flexibility index (Phi) is 6.98. The van der Waals surface area contributed by atoms with Gasteiger partial charge < -0.3 is 31.3 Å². The van der Waals surface area contributed by atoms with E-state index in [1.54, 1.807) is 44.4 Å². The van der Waals surface area contributed by atoms with Crippen molar-refractivity contribution in [3.05, 3.63) is 40.8 Å². The number of piperidine rings is 1. The minimum Gasteiger partial charge on any atom is -0.456 e. The molecule has 2 heterocycles. The van der Waals surface area contributed by atoms with Crippen LogP contribution in [-0.4, -0.2) is 67.0 Å². The summed E-state index contributed by atoms with van der Waals surface area (Å²) in [6.07, 6.45) is 0.779. The number of likely N-dealkylation sites (tertiary alicyclic amines) is 1. The van der Waals surface area contributed by atoms with Crippen LogP contribution in [0.25, 0.3) is 10.4 Å². The Morgan fingerprint density at radius 1 is 1.16 bits per heavy atom. The minimum atomic E-state index is -0.812. The molecule has 1 atom stereocenters. The van der Waals surface area contributed by atoms with E-state index in [0.717, 1.165) is 16.9 Å². The number of esters is 1. The number of hydrogen-bond acceptors (Lipinski definition) is 6. The van der Waals surface area contributed by atoms with Gasteiger partial charge in [-0.25, -0.2) is 14.4 Å². The van der Waals surface area contributed by atoms with Crippen LogP contribution in [0.3, 0.4) is 0 Å². The molecule has 10 nitrogen and oxygen atoms in total. The van der Waals surface area contributed by atoms with Gasteiger partial charge >= 0.3 is 18.0 Å². The van der Waals surface area contributed by atoms with E-state index in [1.165, 1.54) is 9.80 Å². The molecule has 3 rings (SSSR count). The fourth-order valence-electron chi connectivity index (χ4n) is 3.39. The lowest BCUT2D eigenvalue weighted by Gasteiger charge is -2.31. The van der Waals surface area contributed by atoms with Crippen LogP contribution >= 0.6 is 11.3 Å². The van der Waals surface area contributed by atoms with Crippen molar-refractivity contribution in [2.75, 3.05) is 32.5 Å². The third-order valence-electron chi connectivity index (χ3n) is 4.96. The highest BCUT2D eigenvalue weighted by atomic mass is 32.1. The van der Waals surface area contributed by atoms with Crippen molar-refractivity contribution < 1.29 is 23.9 Å². The number of nitrogens with one attached hydrogen (secondary N) is 1. The molecule has 1 fully saturated rings. The number of benzene rings is 1. The van der Waals surface area contributed by atoms with Gasteiger partial charge in [-0.2, -0.15) is 0 Å². The predicted octanol–water partition coefficient (Wildman–Crippen LogP) is 2.31. The Hall–Kier alpha value is -3.60. The number of rotatable bonds is 5. The summed E-state index contributed by atoms with van der Waals surface area (Å²) < 4.78 is 5.59. The van der Waals surface area contributed by atoms with E-state index in [9.17, 15) is 19.2 Å². The van der Waals surface area contributed by atoms with E-state index >= 15 is 0 Å². The molecule has 0 bridgehead atoms. The maximum absolute atomic E-state index is 12.9. The molecule has 11 heteroatoms. The zero-order chi connectivity index (χ0) is 23.4. The molecular formula is C21H25N5O5S. The highest BCUT2D eigenvalue weighted by molar-refractivity contribution is 7.18. The zero-order valence-electron chi connectivity index (χ0n) is 17.8. The molecule has 1 aliphatic heterocycles. The maximum Gasteiger partial charge on any atom is 0.350 e. The van der Waals surface area contributed by atoms with Gasteiger partial charge in [-0.05, 0) is 36.6 Å². The lowest BCUT2D eigenvalue weighted by molar-refractivity contribution is 0.0134. The highest BCUT2D eigenvalue weighted by Gasteiger charge is 2.28. The molecule has 0 radical (unpaired) electrons. The van der Waals surface area contributed by atoms with Gasteiger partial charge in [0.2, 0.25) is 0 Å². The average Bonchev–Trinajstić information content (AvgIpc) is 3.16. The molecule has 2 aromatic rings. The van der Waals surface area contributed by atoms with Gasteiger partial charge in [0, 0.05) is 31.1 Å². The van der Waals surface area contributed by atoms with Crippen LogP contribution < -0.4 is 16.8 Å². The van der Waals surface area contributed by atoms with Crippen LogP contribution in [0.5, 0.6) is 0 Å². The zero-order valence-corrected chi connectivity index (χ0v) is 18.6. The summed E-state index contributed by atoms with van der Waals surface area (Å²) in [5, 5.41) is 2.46. The first-order valence-electron chi connectivity index (χ1n) is 9.93. The van der Waals surface area contributed by atoms with Crippen molar-refractivity contribution in [3.63, 3.8) is 0 Å². The van der Waals surface area contributed by atoms with Crippen LogP contribution in [0.1, 0.15) is 32.9 Å². The van der Waals surface area contributed by atoms with Crippen molar-refractivity contribution in [2.45, 2.75) is 18.9 Å². The summed E-state index contributed by atoms with van der Waals surface area (Å²) in [5.74, 6) is -0.749. The normalized spacial score (nSPS) is 15.7. The van der Waals surface area contributed by atoms with Gasteiger partial charge in [0.25, 0.3) is 5.91 Å². The maximum atomic E-state index is 12.9. The molecule has 1 aromatic heterocycles. The number of urea groups is 2. The first-order valence-corrected chi connectivity index (χ1v) is 10.7. The Labute approximate surface area is 189 Å². The number of ether oxygens (including phenoxy) is 1. The van der Waals surface area contributed by atoms with E-state index in [-0.39, 0.29) is 23.0 Å². The summed E-state index contributed by atoms with van der Waals surface area (Å²) in [6.45, 7) is 0.743. The fraction of sp³-hybridized carbons (Fsp3) is 0.333. The van der Waals surface area contributed by atoms with Crippen LogP contribution in [0.2, 0.25) is 0 Å². The molecule has 1 aromatic carbocycles. The Bertz CT molecular complexity index is 1030. The van der Waals surface area contributed by atoms with Crippen LogP contribution in [-0.2, 0) is 4.74 Å². The van der Waals surface area contributed by atoms with E-state index < -0.39 is 24.1 Å². The van der Waals surface area contributed by atoms with Crippen LogP contribution in [0.4, 0.5) is 15.3 Å². The monoisotopic (exact) mass is 459 g/mol. The molecule has 5 N–H and O–H groups in total. The molecule has 0 spiro atoms. The van der Waals surface area contributed by atoms with Crippen LogP contribution in [0, 0.1) is 0 Å². The summed E-state index contributed by atoms with van der Waals surface area (Å²) >= 11 is 1.13. The number of primary amides is 2. The molecule has 170 valence electrons. The first-order chi connectivity index (χ1) is 15.2. The van der Waals surface area contributed by atoms with Crippen molar-refractivity contribution in [1.29, 1.82) is 0 Å². The molecular weight excluding hydrogens is 434 g/mol. The number of thiophene rings is 1. The quantitative estimate of drug-likeness (QED) is 0.587. The van der Waals surface area contributed by atoms with E-state index in [1.807, 2.05) is 0 Å². The Balaban J connectivity index is 1.83. The standard InChI is InChI=1S/C21H25N5O5S/c1-25(2)18(27)13-7-5-12(6-8-13)16-10-15(24-20(22)29)17(32-16)19(28)31-14-4-3-9-26(11-14)21(23)30/h5-8,10,14H,3-4,9,11H2,1-2H3,(H2,23,30)(H3,22,24,29). The minimum absolute atomic E-state index is 0.124. The van der Waals surface area contributed by atoms with E-state index in [4.69, 9.17) is 16.2 Å². The van der Waals surface area contributed by atoms with Gasteiger partial charge in [-0.3, -0.25) is 4.79 Å². The molecule has 1 saturated heterocycles.